The van der Waals surface area contributed by atoms with E-state index in [1.165, 1.54) is 4.88 Å². The maximum absolute atomic E-state index is 13.5. The largest absolute Gasteiger partial charge is 0.491 e. The van der Waals surface area contributed by atoms with Crippen LogP contribution in [0.25, 0.3) is 0 Å². The summed E-state index contributed by atoms with van der Waals surface area (Å²) >= 11 is 1.74. The number of urea groups is 1. The van der Waals surface area contributed by atoms with E-state index in [9.17, 15) is 9.59 Å². The van der Waals surface area contributed by atoms with E-state index in [1.807, 2.05) is 56.9 Å². The molecule has 3 rings (SSSR count). The minimum absolute atomic E-state index is 0.0148. The van der Waals surface area contributed by atoms with Crippen LogP contribution in [0, 0.1) is 6.92 Å². The predicted octanol–water partition coefficient (Wildman–Crippen LogP) is 4.78. The Morgan fingerprint density at radius 1 is 1.28 bits per heavy atom. The van der Waals surface area contributed by atoms with Gasteiger partial charge in [-0.2, -0.15) is 0 Å². The Bertz CT molecular complexity index is 913. The number of fused-ring (bicyclic) bond motifs is 1. The molecule has 6 nitrogen and oxygen atoms in total. The number of carbonyl (C=O) groups is 2. The summed E-state index contributed by atoms with van der Waals surface area (Å²) in [6.07, 6.45) is 2.49. The summed E-state index contributed by atoms with van der Waals surface area (Å²) in [5.41, 5.74) is 2.23. The lowest BCUT2D eigenvalue weighted by molar-refractivity contribution is -0.135. The molecule has 0 saturated carbocycles. The minimum Gasteiger partial charge on any atom is -0.491 e. The van der Waals surface area contributed by atoms with Gasteiger partial charge < -0.3 is 19.9 Å². The topological polar surface area (TPSA) is 61.9 Å². The quantitative estimate of drug-likeness (QED) is 0.589. The number of nitrogens with zero attached hydrogens (tertiary/aromatic N) is 2. The molecule has 0 radical (unpaired) electrons. The van der Waals surface area contributed by atoms with E-state index in [2.05, 4.69) is 16.8 Å². The average molecular weight is 458 g/mol. The fraction of sp³-hybridized carbons (Fsp3) is 0.520. The lowest BCUT2D eigenvalue weighted by Gasteiger charge is -2.38. The molecule has 2 atom stereocenters. The van der Waals surface area contributed by atoms with Crippen molar-refractivity contribution >= 4 is 23.3 Å². The van der Waals surface area contributed by atoms with Crippen LogP contribution in [0.3, 0.4) is 0 Å². The number of carbonyl (C=O) groups excluding carboxylic acids is 2. The molecule has 0 bridgehead atoms. The van der Waals surface area contributed by atoms with Gasteiger partial charge in [0.15, 0.2) is 0 Å². The van der Waals surface area contributed by atoms with E-state index >= 15 is 0 Å². The molecule has 0 saturated heterocycles. The third kappa shape index (κ3) is 5.63. The standard InChI is InChI=1S/C25H35N3O3S/c1-5-13-26-25(30)28(19(4)6-2)16-24(29)27-14-11-23-20(12-15-32-23)21(27)17-31-22-10-8-7-9-18(22)3/h7-10,12,15,19,21H,5-6,11,13-14,16-17H2,1-4H3,(H,26,30)/t19-,21+/m0/s1. The Labute approximate surface area is 195 Å². The Balaban J connectivity index is 1.77. The highest BCUT2D eigenvalue weighted by molar-refractivity contribution is 7.10. The monoisotopic (exact) mass is 457 g/mol. The van der Waals surface area contributed by atoms with Gasteiger partial charge in [0.25, 0.3) is 0 Å². The number of rotatable bonds is 9. The molecule has 32 heavy (non-hydrogen) atoms. The first-order valence-corrected chi connectivity index (χ1v) is 12.4. The lowest BCUT2D eigenvalue weighted by Crippen LogP contribution is -2.52. The summed E-state index contributed by atoms with van der Waals surface area (Å²) in [5, 5.41) is 5.01. The Morgan fingerprint density at radius 2 is 2.06 bits per heavy atom. The van der Waals surface area contributed by atoms with Crippen LogP contribution in [-0.4, -0.2) is 54.0 Å². The Kier molecular flexibility index (Phi) is 8.56. The molecular weight excluding hydrogens is 422 g/mol. The van der Waals surface area contributed by atoms with Gasteiger partial charge >= 0.3 is 6.03 Å². The molecule has 7 heteroatoms. The van der Waals surface area contributed by atoms with Crippen LogP contribution in [0.2, 0.25) is 0 Å². The van der Waals surface area contributed by atoms with Crippen molar-refractivity contribution in [2.24, 2.45) is 0 Å². The van der Waals surface area contributed by atoms with Crippen molar-refractivity contribution in [2.45, 2.75) is 59.0 Å². The molecule has 0 unspecified atom stereocenters. The van der Waals surface area contributed by atoms with Gasteiger partial charge in [0, 0.05) is 24.0 Å². The molecule has 1 aliphatic heterocycles. The molecule has 0 aliphatic carbocycles. The first-order valence-electron chi connectivity index (χ1n) is 11.5. The smallest absolute Gasteiger partial charge is 0.318 e. The summed E-state index contributed by atoms with van der Waals surface area (Å²) in [6, 6.07) is 9.69. The molecule has 1 aromatic carbocycles. The number of hydrogen-bond donors (Lipinski definition) is 1. The van der Waals surface area contributed by atoms with Crippen LogP contribution in [0.4, 0.5) is 4.79 Å². The number of nitrogens with one attached hydrogen (secondary N) is 1. The highest BCUT2D eigenvalue weighted by atomic mass is 32.1. The predicted molar refractivity (Wildman–Crippen MR) is 129 cm³/mol. The van der Waals surface area contributed by atoms with Crippen LogP contribution in [0.1, 0.15) is 55.7 Å². The lowest BCUT2D eigenvalue weighted by atomic mass is 10.00. The van der Waals surface area contributed by atoms with Crippen molar-refractivity contribution in [3.05, 3.63) is 51.7 Å². The molecule has 174 valence electrons. The summed E-state index contributed by atoms with van der Waals surface area (Å²) in [5.74, 6) is 0.801. The molecule has 1 aliphatic rings. The van der Waals surface area contributed by atoms with E-state index in [4.69, 9.17) is 4.74 Å². The minimum atomic E-state index is -0.171. The number of para-hydroxylation sites is 1. The highest BCUT2D eigenvalue weighted by Crippen LogP contribution is 2.34. The van der Waals surface area contributed by atoms with E-state index < -0.39 is 0 Å². The SMILES string of the molecule is CCCNC(=O)N(CC(=O)N1CCc2sccc2[C@H]1COc1ccccc1C)[C@@H](C)CC. The van der Waals surface area contributed by atoms with Gasteiger partial charge in [-0.25, -0.2) is 4.79 Å². The van der Waals surface area contributed by atoms with Crippen molar-refractivity contribution in [3.63, 3.8) is 0 Å². The summed E-state index contributed by atoms with van der Waals surface area (Å²) < 4.78 is 6.17. The summed E-state index contributed by atoms with van der Waals surface area (Å²) in [7, 11) is 0. The average Bonchev–Trinajstić information content (AvgIpc) is 3.28. The number of benzene rings is 1. The van der Waals surface area contributed by atoms with Gasteiger partial charge in [0.2, 0.25) is 5.91 Å². The Hall–Kier alpha value is -2.54. The molecule has 0 spiro atoms. The van der Waals surface area contributed by atoms with Crippen molar-refractivity contribution in [1.82, 2.24) is 15.1 Å². The van der Waals surface area contributed by atoms with E-state index in [0.29, 0.717) is 19.7 Å². The highest BCUT2D eigenvalue weighted by Gasteiger charge is 2.34. The molecule has 1 aromatic heterocycles. The molecule has 0 fully saturated rings. The zero-order valence-corrected chi connectivity index (χ0v) is 20.4. The fourth-order valence-electron chi connectivity index (χ4n) is 3.98. The third-order valence-corrected chi connectivity index (χ3v) is 7.12. The van der Waals surface area contributed by atoms with Crippen molar-refractivity contribution in [2.75, 3.05) is 26.2 Å². The molecule has 2 aromatic rings. The second-order valence-corrected chi connectivity index (χ2v) is 9.35. The van der Waals surface area contributed by atoms with Crippen LogP contribution in [0.15, 0.2) is 35.7 Å². The van der Waals surface area contributed by atoms with Gasteiger partial charge in [-0.1, -0.05) is 32.0 Å². The molecular formula is C25H35N3O3S. The van der Waals surface area contributed by atoms with Crippen LogP contribution >= 0.6 is 11.3 Å². The maximum Gasteiger partial charge on any atom is 0.318 e. The second-order valence-electron chi connectivity index (χ2n) is 8.35. The number of ether oxygens (including phenoxy) is 1. The van der Waals surface area contributed by atoms with Crippen molar-refractivity contribution in [1.29, 1.82) is 0 Å². The van der Waals surface area contributed by atoms with Crippen molar-refractivity contribution in [3.8, 4) is 5.75 Å². The number of aryl methyl sites for hydroxylation is 1. The van der Waals surface area contributed by atoms with Gasteiger partial charge in [-0.15, -0.1) is 11.3 Å². The van der Waals surface area contributed by atoms with Gasteiger partial charge in [-0.3, -0.25) is 4.79 Å². The number of hydrogen-bond acceptors (Lipinski definition) is 4. The van der Waals surface area contributed by atoms with Crippen LogP contribution < -0.4 is 10.1 Å². The van der Waals surface area contributed by atoms with Crippen LogP contribution in [-0.2, 0) is 11.2 Å². The zero-order valence-electron chi connectivity index (χ0n) is 19.6. The van der Waals surface area contributed by atoms with Gasteiger partial charge in [0.1, 0.15) is 18.9 Å². The van der Waals surface area contributed by atoms with Crippen LogP contribution in [0.5, 0.6) is 5.75 Å². The second kappa shape index (κ2) is 11.4. The number of amides is 3. The zero-order chi connectivity index (χ0) is 23.1. The normalized spacial score (nSPS) is 16.2. The van der Waals surface area contributed by atoms with E-state index in [-0.39, 0.29) is 30.6 Å². The van der Waals surface area contributed by atoms with E-state index in [1.54, 1.807) is 16.2 Å². The fourth-order valence-corrected chi connectivity index (χ4v) is 4.91. The van der Waals surface area contributed by atoms with E-state index in [0.717, 1.165) is 36.1 Å². The first-order chi connectivity index (χ1) is 15.5. The van der Waals surface area contributed by atoms with Crippen molar-refractivity contribution < 1.29 is 14.3 Å². The summed E-state index contributed by atoms with van der Waals surface area (Å²) in [6.45, 7) is 9.78. The number of thiophene rings is 1. The first kappa shape index (κ1) is 24.1. The maximum atomic E-state index is 13.5. The van der Waals surface area contributed by atoms with Gasteiger partial charge in [0.05, 0.1) is 6.04 Å². The van der Waals surface area contributed by atoms with Gasteiger partial charge in [-0.05, 0) is 61.7 Å². The molecule has 2 heterocycles. The molecule has 1 N–H and O–H groups in total. The molecule has 3 amide bonds. The Morgan fingerprint density at radius 3 is 2.78 bits per heavy atom. The third-order valence-electron chi connectivity index (χ3n) is 6.12. The summed E-state index contributed by atoms with van der Waals surface area (Å²) in [4.78, 5) is 31.1.